The van der Waals surface area contributed by atoms with Crippen LogP contribution in [0.5, 0.6) is 0 Å². The van der Waals surface area contributed by atoms with Gasteiger partial charge >= 0.3 is 5.97 Å². The Kier molecular flexibility index (Phi) is 6.57. The lowest BCUT2D eigenvalue weighted by Gasteiger charge is -2.34. The second-order valence-corrected chi connectivity index (χ2v) is 6.43. The summed E-state index contributed by atoms with van der Waals surface area (Å²) in [6, 6.07) is 1.23. The summed E-state index contributed by atoms with van der Waals surface area (Å²) in [4.78, 5) is 56.5. The summed E-state index contributed by atoms with van der Waals surface area (Å²) in [5, 5.41) is 0.280. The minimum absolute atomic E-state index is 0.00525. The summed E-state index contributed by atoms with van der Waals surface area (Å²) in [7, 11) is 1.26. The summed E-state index contributed by atoms with van der Waals surface area (Å²) >= 11 is 1.10. The van der Waals surface area contributed by atoms with E-state index in [9.17, 15) is 19.2 Å². The van der Waals surface area contributed by atoms with Crippen LogP contribution < -0.4 is 5.56 Å². The molecule has 1 N–H and O–H groups in total. The highest BCUT2D eigenvalue weighted by molar-refractivity contribution is 7.99. The van der Waals surface area contributed by atoms with Gasteiger partial charge in [0.15, 0.2) is 5.16 Å². The molecule has 9 nitrogen and oxygen atoms in total. The van der Waals surface area contributed by atoms with E-state index in [2.05, 4.69) is 14.7 Å². The van der Waals surface area contributed by atoms with E-state index in [0.717, 1.165) is 11.8 Å². The fraction of sp³-hybridized carbons (Fsp3) is 0.533. The van der Waals surface area contributed by atoms with Gasteiger partial charge in [0.2, 0.25) is 11.8 Å². The lowest BCUT2D eigenvalue weighted by molar-refractivity contribution is -0.139. The molecule has 0 radical (unpaired) electrons. The number of aromatic nitrogens is 2. The third-order valence-electron chi connectivity index (χ3n) is 3.74. The molecule has 0 aromatic carbocycles. The number of methoxy groups -OCH3 is 1. The highest BCUT2D eigenvalue weighted by atomic mass is 32.2. The zero-order valence-corrected chi connectivity index (χ0v) is 14.9. The van der Waals surface area contributed by atoms with Gasteiger partial charge in [0.05, 0.1) is 25.0 Å². The largest absolute Gasteiger partial charge is 0.469 e. The van der Waals surface area contributed by atoms with Crippen LogP contribution >= 0.6 is 11.8 Å². The summed E-state index contributed by atoms with van der Waals surface area (Å²) in [6.45, 7) is 3.54. The Morgan fingerprint density at radius 2 is 1.88 bits per heavy atom. The van der Waals surface area contributed by atoms with Crippen LogP contribution in [0.4, 0.5) is 0 Å². The maximum atomic E-state index is 12.2. The number of thioether (sulfide) groups is 1. The van der Waals surface area contributed by atoms with Gasteiger partial charge in [-0.25, -0.2) is 4.98 Å². The SMILES string of the molecule is COC(=O)Cc1cc(=O)[nH]c(SCC(=O)N2CCN(C(C)=O)CC2)n1. The smallest absolute Gasteiger partial charge is 0.311 e. The molecule has 0 spiro atoms. The lowest BCUT2D eigenvalue weighted by atomic mass is 10.3. The quantitative estimate of drug-likeness (QED) is 0.414. The number of hydrogen-bond donors (Lipinski definition) is 1. The van der Waals surface area contributed by atoms with Crippen molar-refractivity contribution in [1.82, 2.24) is 19.8 Å². The van der Waals surface area contributed by atoms with E-state index < -0.39 is 5.97 Å². The van der Waals surface area contributed by atoms with Crippen LogP contribution in [0.3, 0.4) is 0 Å². The summed E-state index contributed by atoms with van der Waals surface area (Å²) in [5.74, 6) is -0.460. The van der Waals surface area contributed by atoms with Crippen LogP contribution in [-0.2, 0) is 25.5 Å². The van der Waals surface area contributed by atoms with Gasteiger partial charge in [-0.2, -0.15) is 0 Å². The standard InChI is InChI=1S/C15H20N4O5S/c1-10(20)18-3-5-19(6-4-18)13(22)9-25-15-16-11(7-12(21)17-15)8-14(23)24-2/h7H,3-6,8-9H2,1-2H3,(H,16,17,21). The number of H-pyrrole nitrogens is 1. The highest BCUT2D eigenvalue weighted by Crippen LogP contribution is 2.14. The molecule has 10 heteroatoms. The number of aromatic amines is 1. The Hall–Kier alpha value is -2.36. The molecule has 0 bridgehead atoms. The molecule has 2 heterocycles. The number of carbonyl (C=O) groups is 3. The molecule has 0 saturated carbocycles. The molecule has 1 aromatic heterocycles. The molecule has 1 fully saturated rings. The van der Waals surface area contributed by atoms with Crippen LogP contribution in [0.1, 0.15) is 12.6 Å². The maximum absolute atomic E-state index is 12.2. The Morgan fingerprint density at radius 1 is 1.24 bits per heavy atom. The van der Waals surface area contributed by atoms with Crippen LogP contribution in [0.25, 0.3) is 0 Å². The average molecular weight is 368 g/mol. The molecular weight excluding hydrogens is 348 g/mol. The molecule has 136 valence electrons. The number of rotatable bonds is 5. The first kappa shape index (κ1) is 19.0. The van der Waals surface area contributed by atoms with Crippen molar-refractivity contribution < 1.29 is 19.1 Å². The zero-order valence-electron chi connectivity index (χ0n) is 14.1. The lowest BCUT2D eigenvalue weighted by Crippen LogP contribution is -2.50. The van der Waals surface area contributed by atoms with Crippen molar-refractivity contribution in [2.24, 2.45) is 0 Å². The second-order valence-electron chi connectivity index (χ2n) is 5.47. The Morgan fingerprint density at radius 3 is 2.48 bits per heavy atom. The number of hydrogen-bond acceptors (Lipinski definition) is 7. The van der Waals surface area contributed by atoms with E-state index >= 15 is 0 Å². The fourth-order valence-electron chi connectivity index (χ4n) is 2.35. The molecule has 1 aliphatic heterocycles. The molecule has 1 aliphatic rings. The van der Waals surface area contributed by atoms with Crippen LogP contribution in [0.15, 0.2) is 16.0 Å². The van der Waals surface area contributed by atoms with Gasteiger partial charge in [0.1, 0.15) is 0 Å². The van der Waals surface area contributed by atoms with Crippen LogP contribution in [0, 0.1) is 0 Å². The van der Waals surface area contributed by atoms with E-state index in [-0.39, 0.29) is 34.7 Å². The normalized spacial score (nSPS) is 14.3. The van der Waals surface area contributed by atoms with Crippen molar-refractivity contribution >= 4 is 29.5 Å². The predicted octanol–water partition coefficient (Wildman–Crippen LogP) is -0.732. The minimum atomic E-state index is -0.492. The number of esters is 1. The summed E-state index contributed by atoms with van der Waals surface area (Å²) in [6.07, 6.45) is -0.102. The Bertz CT molecular complexity index is 712. The van der Waals surface area contributed by atoms with Gasteiger partial charge in [-0.15, -0.1) is 0 Å². The molecule has 25 heavy (non-hydrogen) atoms. The highest BCUT2D eigenvalue weighted by Gasteiger charge is 2.22. The molecule has 1 saturated heterocycles. The van der Waals surface area contributed by atoms with E-state index in [1.165, 1.54) is 20.1 Å². The fourth-order valence-corrected chi connectivity index (χ4v) is 3.15. The Labute approximate surface area is 148 Å². The first-order valence-electron chi connectivity index (χ1n) is 7.72. The van der Waals surface area contributed by atoms with Crippen molar-refractivity contribution in [3.8, 4) is 0 Å². The number of ether oxygens (including phenoxy) is 1. The number of piperazine rings is 1. The zero-order chi connectivity index (χ0) is 18.4. The van der Waals surface area contributed by atoms with E-state index in [1.807, 2.05) is 0 Å². The number of amides is 2. The minimum Gasteiger partial charge on any atom is -0.469 e. The van der Waals surface area contributed by atoms with Gasteiger partial charge < -0.3 is 19.5 Å². The topological polar surface area (TPSA) is 113 Å². The van der Waals surface area contributed by atoms with E-state index in [4.69, 9.17) is 0 Å². The predicted molar refractivity (Wildman–Crippen MR) is 90.1 cm³/mol. The van der Waals surface area contributed by atoms with Crippen molar-refractivity contribution in [3.05, 3.63) is 22.1 Å². The van der Waals surface area contributed by atoms with Crippen molar-refractivity contribution in [3.63, 3.8) is 0 Å². The van der Waals surface area contributed by atoms with Gasteiger partial charge in [-0.3, -0.25) is 19.2 Å². The summed E-state index contributed by atoms with van der Waals surface area (Å²) < 4.78 is 4.55. The molecule has 2 rings (SSSR count). The monoisotopic (exact) mass is 368 g/mol. The summed E-state index contributed by atoms with van der Waals surface area (Å²) in [5.41, 5.74) is -0.0976. The third-order valence-corrected chi connectivity index (χ3v) is 4.59. The van der Waals surface area contributed by atoms with Crippen molar-refractivity contribution in [2.45, 2.75) is 18.5 Å². The number of nitrogens with zero attached hydrogens (tertiary/aromatic N) is 3. The average Bonchev–Trinajstić information content (AvgIpc) is 2.59. The van der Waals surface area contributed by atoms with Crippen LogP contribution in [-0.4, -0.2) is 76.6 Å². The van der Waals surface area contributed by atoms with E-state index in [1.54, 1.807) is 9.80 Å². The molecule has 2 amide bonds. The van der Waals surface area contributed by atoms with Gasteiger partial charge in [-0.1, -0.05) is 11.8 Å². The first-order chi connectivity index (χ1) is 11.9. The van der Waals surface area contributed by atoms with Gasteiger partial charge in [0, 0.05) is 39.2 Å². The molecule has 1 aromatic rings. The molecule has 0 aliphatic carbocycles. The molecule has 0 atom stereocenters. The van der Waals surface area contributed by atoms with Gasteiger partial charge in [0.25, 0.3) is 5.56 Å². The van der Waals surface area contributed by atoms with Gasteiger partial charge in [-0.05, 0) is 0 Å². The number of nitrogens with one attached hydrogen (secondary N) is 1. The first-order valence-corrected chi connectivity index (χ1v) is 8.70. The maximum Gasteiger partial charge on any atom is 0.311 e. The van der Waals surface area contributed by atoms with Crippen molar-refractivity contribution in [2.75, 3.05) is 39.0 Å². The number of carbonyl (C=O) groups excluding carboxylic acids is 3. The second kappa shape index (κ2) is 8.65. The third kappa shape index (κ3) is 5.59. The van der Waals surface area contributed by atoms with E-state index in [0.29, 0.717) is 31.9 Å². The molecule has 0 unspecified atom stereocenters. The Balaban J connectivity index is 1.90. The van der Waals surface area contributed by atoms with Crippen molar-refractivity contribution in [1.29, 1.82) is 0 Å². The molecular formula is C15H20N4O5S. The van der Waals surface area contributed by atoms with Crippen LogP contribution in [0.2, 0.25) is 0 Å².